The van der Waals surface area contributed by atoms with E-state index in [2.05, 4.69) is 20.5 Å². The third-order valence-corrected chi connectivity index (χ3v) is 4.81. The third kappa shape index (κ3) is 2.67. The van der Waals surface area contributed by atoms with E-state index in [0.29, 0.717) is 5.92 Å². The Morgan fingerprint density at radius 1 is 1.42 bits per heavy atom. The summed E-state index contributed by atoms with van der Waals surface area (Å²) in [6.45, 7) is 0.886. The number of hydrogen-bond acceptors (Lipinski definition) is 4. The van der Waals surface area contributed by atoms with Gasteiger partial charge in [-0.15, -0.1) is 0 Å². The molecule has 1 spiro atoms. The van der Waals surface area contributed by atoms with Crippen LogP contribution in [0.2, 0.25) is 0 Å². The van der Waals surface area contributed by atoms with E-state index in [1.165, 1.54) is 32.1 Å². The Morgan fingerprint density at radius 3 is 2.95 bits per heavy atom. The normalized spacial score (nSPS) is 28.4. The fourth-order valence-corrected chi connectivity index (χ4v) is 3.86. The molecule has 0 bridgehead atoms. The van der Waals surface area contributed by atoms with E-state index in [0.717, 1.165) is 25.3 Å². The number of nitrogens with zero attached hydrogens (tertiary/aromatic N) is 2. The number of hydrogen-bond donors (Lipinski definition) is 2. The Hall–Kier alpha value is -0.940. The molecule has 5 heteroatoms. The largest absolute Gasteiger partial charge is 0.375 e. The number of H-pyrrole nitrogens is 1. The van der Waals surface area contributed by atoms with Crippen molar-refractivity contribution < 1.29 is 4.74 Å². The molecule has 2 heterocycles. The highest BCUT2D eigenvalue weighted by Crippen LogP contribution is 2.43. The van der Waals surface area contributed by atoms with Crippen molar-refractivity contribution in [2.75, 3.05) is 13.7 Å². The predicted molar refractivity (Wildman–Crippen MR) is 72.7 cm³/mol. The fourth-order valence-electron chi connectivity index (χ4n) is 3.86. The van der Waals surface area contributed by atoms with Gasteiger partial charge in [0, 0.05) is 6.61 Å². The molecule has 0 radical (unpaired) electrons. The fraction of sp³-hybridized carbons (Fsp3) is 0.857. The summed E-state index contributed by atoms with van der Waals surface area (Å²) in [4.78, 5) is 4.33. The Bertz CT molecular complexity index is 381. The molecule has 0 aromatic carbocycles. The zero-order chi connectivity index (χ0) is 13.1. The highest BCUT2D eigenvalue weighted by atomic mass is 16.5. The number of rotatable bonds is 3. The summed E-state index contributed by atoms with van der Waals surface area (Å²) in [6.07, 6.45) is 10.3. The number of nitrogens with one attached hydrogen (secondary N) is 2. The molecule has 1 saturated carbocycles. The van der Waals surface area contributed by atoms with Gasteiger partial charge in [-0.1, -0.05) is 19.3 Å². The monoisotopic (exact) mass is 264 g/mol. The van der Waals surface area contributed by atoms with Gasteiger partial charge in [-0.05, 0) is 38.6 Å². The zero-order valence-electron chi connectivity index (χ0n) is 11.7. The van der Waals surface area contributed by atoms with Crippen molar-refractivity contribution in [3.63, 3.8) is 0 Å². The van der Waals surface area contributed by atoms with Crippen LogP contribution in [0.15, 0.2) is 6.33 Å². The summed E-state index contributed by atoms with van der Waals surface area (Å²) < 4.78 is 6.17. The van der Waals surface area contributed by atoms with Crippen LogP contribution in [0, 0.1) is 5.92 Å². The molecule has 1 aromatic heterocycles. The second-order valence-corrected chi connectivity index (χ2v) is 5.98. The van der Waals surface area contributed by atoms with Crippen molar-refractivity contribution in [3.8, 4) is 0 Å². The molecule has 1 aliphatic carbocycles. The first-order chi connectivity index (χ1) is 9.33. The molecular weight excluding hydrogens is 240 g/mol. The molecule has 2 fully saturated rings. The van der Waals surface area contributed by atoms with Crippen molar-refractivity contribution in [1.29, 1.82) is 0 Å². The van der Waals surface area contributed by atoms with Gasteiger partial charge in [-0.3, -0.25) is 5.10 Å². The van der Waals surface area contributed by atoms with Crippen LogP contribution in [0.4, 0.5) is 0 Å². The average molecular weight is 264 g/mol. The van der Waals surface area contributed by atoms with Gasteiger partial charge < -0.3 is 10.1 Å². The third-order valence-electron chi connectivity index (χ3n) is 4.81. The Balaban J connectivity index is 1.73. The average Bonchev–Trinajstić information content (AvgIpc) is 2.95. The molecule has 1 saturated heterocycles. The lowest BCUT2D eigenvalue weighted by Gasteiger charge is -2.45. The number of aromatic nitrogens is 3. The van der Waals surface area contributed by atoms with Gasteiger partial charge in [0.2, 0.25) is 0 Å². The first-order valence-corrected chi connectivity index (χ1v) is 7.49. The van der Waals surface area contributed by atoms with E-state index in [9.17, 15) is 0 Å². The van der Waals surface area contributed by atoms with Gasteiger partial charge in [0.15, 0.2) is 0 Å². The van der Waals surface area contributed by atoms with E-state index in [1.807, 2.05) is 7.05 Å². The van der Waals surface area contributed by atoms with Crippen molar-refractivity contribution in [2.45, 2.75) is 56.6 Å². The Kier molecular flexibility index (Phi) is 3.84. The highest BCUT2D eigenvalue weighted by Gasteiger charge is 2.41. The summed E-state index contributed by atoms with van der Waals surface area (Å²) in [5.41, 5.74) is 0.149. The van der Waals surface area contributed by atoms with Gasteiger partial charge >= 0.3 is 0 Å². The van der Waals surface area contributed by atoms with E-state index < -0.39 is 0 Å². The van der Waals surface area contributed by atoms with Crippen LogP contribution in [0.5, 0.6) is 0 Å². The molecule has 3 rings (SSSR count). The maximum Gasteiger partial charge on any atom is 0.141 e. The van der Waals surface area contributed by atoms with E-state index in [-0.39, 0.29) is 11.6 Å². The summed E-state index contributed by atoms with van der Waals surface area (Å²) in [7, 11) is 2.01. The lowest BCUT2D eigenvalue weighted by Crippen LogP contribution is -2.44. The molecule has 2 N–H and O–H groups in total. The van der Waals surface area contributed by atoms with Crippen LogP contribution in [0.3, 0.4) is 0 Å². The minimum absolute atomic E-state index is 0.149. The molecule has 2 aliphatic rings. The predicted octanol–water partition coefficient (Wildman–Crippen LogP) is 2.19. The second-order valence-electron chi connectivity index (χ2n) is 5.98. The van der Waals surface area contributed by atoms with Crippen molar-refractivity contribution in [1.82, 2.24) is 20.5 Å². The van der Waals surface area contributed by atoms with Crippen LogP contribution >= 0.6 is 0 Å². The number of aromatic amines is 1. The Labute approximate surface area is 114 Å². The summed E-state index contributed by atoms with van der Waals surface area (Å²) in [5.74, 6) is 1.55. The van der Waals surface area contributed by atoms with Crippen molar-refractivity contribution >= 4 is 0 Å². The van der Waals surface area contributed by atoms with E-state index in [4.69, 9.17) is 4.74 Å². The molecule has 2 atom stereocenters. The van der Waals surface area contributed by atoms with Gasteiger partial charge in [0.1, 0.15) is 12.2 Å². The summed E-state index contributed by atoms with van der Waals surface area (Å²) in [6, 6.07) is 0.269. The van der Waals surface area contributed by atoms with Crippen LogP contribution in [0.25, 0.3) is 0 Å². The van der Waals surface area contributed by atoms with Crippen LogP contribution < -0.4 is 5.32 Å². The molecular formula is C14H24N4O. The minimum atomic E-state index is 0.149. The van der Waals surface area contributed by atoms with Crippen molar-refractivity contribution in [2.24, 2.45) is 5.92 Å². The van der Waals surface area contributed by atoms with E-state index in [1.54, 1.807) is 6.33 Å². The first kappa shape index (κ1) is 13.1. The summed E-state index contributed by atoms with van der Waals surface area (Å²) in [5, 5.41) is 10.4. The quantitative estimate of drug-likeness (QED) is 0.878. The van der Waals surface area contributed by atoms with Gasteiger partial charge in [-0.25, -0.2) is 4.98 Å². The molecule has 5 nitrogen and oxygen atoms in total. The van der Waals surface area contributed by atoms with Crippen LogP contribution in [-0.2, 0) is 4.74 Å². The Morgan fingerprint density at radius 2 is 2.26 bits per heavy atom. The van der Waals surface area contributed by atoms with Crippen LogP contribution in [-0.4, -0.2) is 34.4 Å². The van der Waals surface area contributed by atoms with E-state index >= 15 is 0 Å². The molecule has 1 aromatic rings. The zero-order valence-corrected chi connectivity index (χ0v) is 11.7. The lowest BCUT2D eigenvalue weighted by molar-refractivity contribution is -0.122. The SMILES string of the molecule is CNC(c1ncn[nH]1)C1CCOC2(CCCCC2)C1. The topological polar surface area (TPSA) is 62.8 Å². The number of ether oxygens (including phenoxy) is 1. The highest BCUT2D eigenvalue weighted by molar-refractivity contribution is 4.99. The maximum absolute atomic E-state index is 6.17. The minimum Gasteiger partial charge on any atom is -0.375 e. The first-order valence-electron chi connectivity index (χ1n) is 7.49. The standard InChI is InChI=1S/C14H24N4O/c1-15-12(13-16-10-17-18-13)11-5-8-19-14(9-11)6-3-2-4-7-14/h10-12,15H,2-9H2,1H3,(H,16,17,18). The molecule has 2 unspecified atom stereocenters. The second kappa shape index (κ2) is 5.59. The van der Waals surface area contributed by atoms with Crippen molar-refractivity contribution in [3.05, 3.63) is 12.2 Å². The van der Waals surface area contributed by atoms with Gasteiger partial charge in [0.25, 0.3) is 0 Å². The molecule has 1 aliphatic heterocycles. The smallest absolute Gasteiger partial charge is 0.141 e. The molecule has 19 heavy (non-hydrogen) atoms. The van der Waals surface area contributed by atoms with Gasteiger partial charge in [0.05, 0.1) is 11.6 Å². The molecule has 106 valence electrons. The lowest BCUT2D eigenvalue weighted by atomic mass is 9.74. The maximum atomic E-state index is 6.17. The van der Waals surface area contributed by atoms with Gasteiger partial charge in [-0.2, -0.15) is 5.10 Å². The summed E-state index contributed by atoms with van der Waals surface area (Å²) >= 11 is 0. The molecule has 0 amide bonds. The van der Waals surface area contributed by atoms with Crippen LogP contribution in [0.1, 0.15) is 56.8 Å².